The average Bonchev–Trinajstić information content (AvgIpc) is 3.04. The molecule has 1 aromatic carbocycles. The molecule has 0 spiro atoms. The number of amides is 2. The van der Waals surface area contributed by atoms with Crippen molar-refractivity contribution < 1.29 is 9.59 Å². The number of hydrogen-bond acceptors (Lipinski definition) is 4. The maximum atomic E-state index is 13.1. The quantitative estimate of drug-likeness (QED) is 0.637. The maximum Gasteiger partial charge on any atom is 0.243 e. The van der Waals surface area contributed by atoms with Crippen LogP contribution < -0.4 is 5.32 Å². The summed E-state index contributed by atoms with van der Waals surface area (Å²) in [5.41, 5.74) is 1.77. The van der Waals surface area contributed by atoms with Crippen LogP contribution in [-0.4, -0.2) is 50.1 Å². The summed E-state index contributed by atoms with van der Waals surface area (Å²) < 4.78 is 1.95. The van der Waals surface area contributed by atoms with Gasteiger partial charge in [0.15, 0.2) is 5.16 Å². The van der Waals surface area contributed by atoms with Crippen molar-refractivity contribution >= 4 is 34.6 Å². The average molecular weight is 431 g/mol. The number of carbonyl (C=O) groups excluding carboxylic acids is 2. The van der Waals surface area contributed by atoms with Crippen LogP contribution >= 0.6 is 11.8 Å². The van der Waals surface area contributed by atoms with E-state index in [4.69, 9.17) is 4.98 Å². The van der Waals surface area contributed by atoms with Gasteiger partial charge in [0.25, 0.3) is 0 Å². The number of carbonyl (C=O) groups is 2. The third-order valence-corrected chi connectivity index (χ3v) is 6.59. The monoisotopic (exact) mass is 430 g/mol. The van der Waals surface area contributed by atoms with Crippen LogP contribution in [0.1, 0.15) is 59.8 Å². The summed E-state index contributed by atoms with van der Waals surface area (Å²) in [7, 11) is 0. The lowest BCUT2D eigenvalue weighted by Crippen LogP contribution is -2.43. The molecule has 6 nitrogen and oxygen atoms in total. The topological polar surface area (TPSA) is 67.2 Å². The van der Waals surface area contributed by atoms with Crippen LogP contribution in [0.3, 0.4) is 0 Å². The maximum absolute atomic E-state index is 13.1. The lowest BCUT2D eigenvalue weighted by atomic mass is 9.95. The van der Waals surface area contributed by atoms with Gasteiger partial charge in [-0.3, -0.25) is 9.59 Å². The number of fused-ring (bicyclic) bond motifs is 1. The number of aromatic nitrogens is 2. The minimum atomic E-state index is 0.0443. The van der Waals surface area contributed by atoms with Crippen molar-refractivity contribution in [2.75, 3.05) is 5.75 Å². The highest BCUT2D eigenvalue weighted by Gasteiger charge is 2.23. The van der Waals surface area contributed by atoms with Gasteiger partial charge >= 0.3 is 0 Å². The second-order valence-electron chi connectivity index (χ2n) is 8.65. The van der Waals surface area contributed by atoms with E-state index in [1.165, 1.54) is 31.0 Å². The second-order valence-corrected chi connectivity index (χ2v) is 9.59. The van der Waals surface area contributed by atoms with Gasteiger partial charge in [0.1, 0.15) is 6.54 Å². The fraction of sp³-hybridized carbons (Fsp3) is 0.609. The Balaban J connectivity index is 1.74. The Labute approximate surface area is 183 Å². The van der Waals surface area contributed by atoms with Crippen molar-refractivity contribution in [2.24, 2.45) is 0 Å². The number of rotatable bonds is 8. The third-order valence-electron chi connectivity index (χ3n) is 5.62. The van der Waals surface area contributed by atoms with Crippen LogP contribution in [0.25, 0.3) is 11.0 Å². The van der Waals surface area contributed by atoms with Gasteiger partial charge in [-0.1, -0.05) is 43.2 Å². The molecule has 1 heterocycles. The Morgan fingerprint density at radius 2 is 1.80 bits per heavy atom. The van der Waals surface area contributed by atoms with E-state index in [0.717, 1.165) is 29.0 Å². The highest BCUT2D eigenvalue weighted by molar-refractivity contribution is 7.99. The van der Waals surface area contributed by atoms with E-state index in [1.807, 2.05) is 61.4 Å². The van der Waals surface area contributed by atoms with Crippen molar-refractivity contribution in [3.05, 3.63) is 24.3 Å². The summed E-state index contributed by atoms with van der Waals surface area (Å²) in [6.07, 6.45) is 5.80. The van der Waals surface area contributed by atoms with Crippen molar-refractivity contribution in [3.63, 3.8) is 0 Å². The molecule has 3 rings (SSSR count). The van der Waals surface area contributed by atoms with Crippen LogP contribution in [0.15, 0.2) is 29.4 Å². The number of thioether (sulfide) groups is 1. The van der Waals surface area contributed by atoms with Crippen LogP contribution in [0.4, 0.5) is 0 Å². The van der Waals surface area contributed by atoms with E-state index in [2.05, 4.69) is 5.32 Å². The lowest BCUT2D eigenvalue weighted by Gasteiger charge is -2.31. The summed E-state index contributed by atoms with van der Waals surface area (Å²) in [5, 5.41) is 3.88. The minimum absolute atomic E-state index is 0.0443. The molecule has 164 valence electrons. The Hall–Kier alpha value is -2.02. The zero-order chi connectivity index (χ0) is 21.7. The van der Waals surface area contributed by atoms with Crippen LogP contribution in [0.2, 0.25) is 0 Å². The van der Waals surface area contributed by atoms with Crippen molar-refractivity contribution in [1.82, 2.24) is 19.8 Å². The van der Waals surface area contributed by atoms with Gasteiger partial charge in [0.2, 0.25) is 11.8 Å². The first-order valence-electron chi connectivity index (χ1n) is 11.1. The number of para-hydroxylation sites is 2. The van der Waals surface area contributed by atoms with Crippen molar-refractivity contribution in [1.29, 1.82) is 0 Å². The van der Waals surface area contributed by atoms with Crippen LogP contribution in [0, 0.1) is 0 Å². The molecule has 1 aliphatic carbocycles. The molecule has 1 aliphatic rings. The van der Waals surface area contributed by atoms with Crippen LogP contribution in [-0.2, 0) is 16.1 Å². The number of benzene rings is 1. The fourth-order valence-corrected chi connectivity index (χ4v) is 5.18. The standard InChI is InChI=1S/C23H34N4O2S/c1-16(2)27(17(3)4)22(29)14-26-20-13-9-8-12-19(20)25-23(26)30-15-21(28)24-18-10-6-5-7-11-18/h8-9,12-13,16-18H,5-7,10-11,14-15H2,1-4H3,(H,24,28). The Kier molecular flexibility index (Phi) is 7.81. The molecule has 0 atom stereocenters. The van der Waals surface area contributed by atoms with E-state index in [1.54, 1.807) is 0 Å². The number of nitrogens with zero attached hydrogens (tertiary/aromatic N) is 3. The summed E-state index contributed by atoms with van der Waals surface area (Å²) in [4.78, 5) is 32.2. The van der Waals surface area contributed by atoms with E-state index in [0.29, 0.717) is 11.8 Å². The molecule has 0 aliphatic heterocycles. The van der Waals surface area contributed by atoms with Crippen molar-refractivity contribution in [2.45, 2.75) is 89.6 Å². The van der Waals surface area contributed by atoms with E-state index in [-0.39, 0.29) is 30.4 Å². The number of hydrogen-bond donors (Lipinski definition) is 1. The summed E-state index contributed by atoms with van der Waals surface area (Å²) in [6.45, 7) is 8.37. The molecular formula is C23H34N4O2S. The van der Waals surface area contributed by atoms with Gasteiger partial charge in [-0.05, 0) is 52.7 Å². The Morgan fingerprint density at radius 1 is 1.13 bits per heavy atom. The van der Waals surface area contributed by atoms with Gasteiger partial charge in [-0.25, -0.2) is 4.98 Å². The highest BCUT2D eigenvalue weighted by Crippen LogP contribution is 2.25. The largest absolute Gasteiger partial charge is 0.353 e. The normalized spacial score (nSPS) is 15.1. The molecule has 30 heavy (non-hydrogen) atoms. The van der Waals surface area contributed by atoms with Gasteiger partial charge in [0.05, 0.1) is 16.8 Å². The van der Waals surface area contributed by atoms with E-state index < -0.39 is 0 Å². The molecule has 0 unspecified atom stereocenters. The molecule has 0 saturated heterocycles. The van der Waals surface area contributed by atoms with Gasteiger partial charge in [-0.2, -0.15) is 0 Å². The highest BCUT2D eigenvalue weighted by atomic mass is 32.2. The smallest absolute Gasteiger partial charge is 0.243 e. The molecule has 1 fully saturated rings. The summed E-state index contributed by atoms with van der Waals surface area (Å²) in [5.74, 6) is 0.422. The zero-order valence-corrected chi connectivity index (χ0v) is 19.4. The van der Waals surface area contributed by atoms with Gasteiger partial charge < -0.3 is 14.8 Å². The van der Waals surface area contributed by atoms with Crippen molar-refractivity contribution in [3.8, 4) is 0 Å². The zero-order valence-electron chi connectivity index (χ0n) is 18.6. The predicted molar refractivity (Wildman–Crippen MR) is 123 cm³/mol. The Bertz CT molecular complexity index is 863. The Morgan fingerprint density at radius 3 is 2.47 bits per heavy atom. The van der Waals surface area contributed by atoms with Gasteiger partial charge in [-0.15, -0.1) is 0 Å². The molecular weight excluding hydrogens is 396 g/mol. The first-order chi connectivity index (χ1) is 14.4. The molecule has 0 bridgehead atoms. The van der Waals surface area contributed by atoms with Gasteiger partial charge in [0, 0.05) is 18.1 Å². The van der Waals surface area contributed by atoms with E-state index >= 15 is 0 Å². The molecule has 7 heteroatoms. The SMILES string of the molecule is CC(C)N(C(=O)Cn1c(SCC(=O)NC2CCCCC2)nc2ccccc21)C(C)C. The summed E-state index contributed by atoms with van der Waals surface area (Å²) in [6, 6.07) is 8.40. The fourth-order valence-electron chi connectivity index (χ4n) is 4.35. The van der Waals surface area contributed by atoms with E-state index in [9.17, 15) is 9.59 Å². The third kappa shape index (κ3) is 5.56. The number of imidazole rings is 1. The molecule has 1 N–H and O–H groups in total. The second kappa shape index (κ2) is 10.3. The molecule has 1 saturated carbocycles. The first kappa shape index (κ1) is 22.7. The lowest BCUT2D eigenvalue weighted by molar-refractivity contribution is -0.135. The minimum Gasteiger partial charge on any atom is -0.353 e. The van der Waals surface area contributed by atoms with Crippen LogP contribution in [0.5, 0.6) is 0 Å². The molecule has 1 aromatic heterocycles. The first-order valence-corrected chi connectivity index (χ1v) is 12.0. The predicted octanol–water partition coefficient (Wildman–Crippen LogP) is 4.22. The molecule has 0 radical (unpaired) electrons. The number of nitrogens with one attached hydrogen (secondary N) is 1. The molecule has 2 amide bonds. The summed E-state index contributed by atoms with van der Waals surface area (Å²) >= 11 is 1.41. The molecule has 2 aromatic rings.